The number of halogens is 1. The molecule has 0 fully saturated rings. The highest BCUT2D eigenvalue weighted by Gasteiger charge is 2.15. The van der Waals surface area contributed by atoms with Crippen LogP contribution in [0.25, 0.3) is 0 Å². The largest absolute Gasteiger partial charge is 0.351 e. The fourth-order valence-electron chi connectivity index (χ4n) is 2.15. The zero-order chi connectivity index (χ0) is 17.8. The molecule has 25 heavy (non-hydrogen) atoms. The molecule has 2 N–H and O–H groups in total. The van der Waals surface area contributed by atoms with Crippen LogP contribution in [0.15, 0.2) is 59.1 Å². The molecule has 0 aliphatic carbocycles. The molecule has 0 saturated heterocycles. The van der Waals surface area contributed by atoms with Crippen molar-refractivity contribution >= 4 is 34.8 Å². The van der Waals surface area contributed by atoms with Gasteiger partial charge in [0.1, 0.15) is 0 Å². The summed E-state index contributed by atoms with van der Waals surface area (Å²) in [5, 5.41) is 9.69. The van der Waals surface area contributed by atoms with Crippen molar-refractivity contribution < 1.29 is 14.1 Å². The summed E-state index contributed by atoms with van der Waals surface area (Å²) in [7, 11) is 0. The summed E-state index contributed by atoms with van der Waals surface area (Å²) in [6.45, 7) is 1.72. The lowest BCUT2D eigenvalue weighted by Crippen LogP contribution is -2.16. The van der Waals surface area contributed by atoms with Crippen LogP contribution < -0.4 is 10.6 Å². The molecule has 0 radical (unpaired) electrons. The standard InChI is InChI=1S/C18H14ClN3O3/c1-11-10-16(25-22-11)18(24)21-15-5-3-2-4-14(15)20-17(23)12-6-8-13(19)9-7-12/h2-10H,1H3,(H,20,23)(H,21,24). The SMILES string of the molecule is Cc1cc(C(=O)Nc2ccccc2NC(=O)c2ccc(Cl)cc2)on1. The number of anilines is 2. The Hall–Kier alpha value is -3.12. The fourth-order valence-corrected chi connectivity index (χ4v) is 2.28. The first kappa shape index (κ1) is 16.7. The minimum Gasteiger partial charge on any atom is -0.351 e. The summed E-state index contributed by atoms with van der Waals surface area (Å²) in [5.41, 5.74) is 1.97. The van der Waals surface area contributed by atoms with Gasteiger partial charge in [0.2, 0.25) is 5.76 Å². The highest BCUT2D eigenvalue weighted by atomic mass is 35.5. The summed E-state index contributed by atoms with van der Waals surface area (Å²) >= 11 is 5.83. The van der Waals surface area contributed by atoms with Crippen molar-refractivity contribution in [1.29, 1.82) is 0 Å². The molecule has 0 aliphatic heterocycles. The van der Waals surface area contributed by atoms with Crippen molar-refractivity contribution in [2.24, 2.45) is 0 Å². The van der Waals surface area contributed by atoms with Crippen molar-refractivity contribution in [2.75, 3.05) is 10.6 Å². The second kappa shape index (κ2) is 7.19. The van der Waals surface area contributed by atoms with Crippen LogP contribution in [0.1, 0.15) is 26.6 Å². The third-order valence-electron chi connectivity index (χ3n) is 3.38. The van der Waals surface area contributed by atoms with Crippen LogP contribution in [0.4, 0.5) is 11.4 Å². The number of rotatable bonds is 4. The molecule has 2 amide bonds. The molecule has 2 aromatic carbocycles. The van der Waals surface area contributed by atoms with Crippen LogP contribution in [-0.4, -0.2) is 17.0 Å². The molecular weight excluding hydrogens is 342 g/mol. The molecule has 7 heteroatoms. The number of carbonyl (C=O) groups is 2. The van der Waals surface area contributed by atoms with Crippen LogP contribution in [0, 0.1) is 6.92 Å². The summed E-state index contributed by atoms with van der Waals surface area (Å²) < 4.78 is 4.94. The van der Waals surface area contributed by atoms with Crippen LogP contribution in [0.3, 0.4) is 0 Å². The monoisotopic (exact) mass is 355 g/mol. The molecule has 0 spiro atoms. The third kappa shape index (κ3) is 4.05. The molecule has 6 nitrogen and oxygen atoms in total. The van der Waals surface area contributed by atoms with Crippen molar-refractivity contribution in [3.8, 4) is 0 Å². The Labute approximate surface area is 148 Å². The normalized spacial score (nSPS) is 10.3. The molecule has 126 valence electrons. The average Bonchev–Trinajstić information content (AvgIpc) is 3.04. The van der Waals surface area contributed by atoms with E-state index < -0.39 is 5.91 Å². The number of nitrogens with zero attached hydrogens (tertiary/aromatic N) is 1. The van der Waals surface area contributed by atoms with Gasteiger partial charge in [-0.1, -0.05) is 28.9 Å². The number of amides is 2. The van der Waals surface area contributed by atoms with Gasteiger partial charge in [-0.15, -0.1) is 0 Å². The number of aryl methyl sites for hydroxylation is 1. The van der Waals surface area contributed by atoms with E-state index in [9.17, 15) is 9.59 Å². The number of hydrogen-bond acceptors (Lipinski definition) is 4. The predicted molar refractivity (Wildman–Crippen MR) is 95.0 cm³/mol. The number of para-hydroxylation sites is 2. The summed E-state index contributed by atoms with van der Waals surface area (Å²) in [4.78, 5) is 24.5. The summed E-state index contributed by atoms with van der Waals surface area (Å²) in [6.07, 6.45) is 0. The van der Waals surface area contributed by atoms with Gasteiger partial charge < -0.3 is 15.2 Å². The van der Waals surface area contributed by atoms with Crippen LogP contribution in [0.5, 0.6) is 0 Å². The second-order valence-corrected chi connectivity index (χ2v) is 5.73. The Bertz CT molecular complexity index is 919. The van der Waals surface area contributed by atoms with Gasteiger partial charge in [0.05, 0.1) is 17.1 Å². The van der Waals surface area contributed by atoms with Crippen molar-refractivity contribution in [2.45, 2.75) is 6.92 Å². The van der Waals surface area contributed by atoms with Crippen molar-refractivity contribution in [1.82, 2.24) is 5.16 Å². The molecule has 3 rings (SSSR count). The lowest BCUT2D eigenvalue weighted by atomic mass is 10.2. The Kier molecular flexibility index (Phi) is 4.81. The quantitative estimate of drug-likeness (QED) is 0.736. The minimum atomic E-state index is -0.450. The maximum Gasteiger partial charge on any atom is 0.294 e. The van der Waals surface area contributed by atoms with Gasteiger partial charge in [-0.2, -0.15) is 0 Å². The number of aromatic nitrogens is 1. The maximum absolute atomic E-state index is 12.3. The second-order valence-electron chi connectivity index (χ2n) is 5.29. The van der Waals surface area contributed by atoms with Gasteiger partial charge in [-0.25, -0.2) is 0 Å². The van der Waals surface area contributed by atoms with E-state index in [4.69, 9.17) is 16.1 Å². The number of carbonyl (C=O) groups excluding carboxylic acids is 2. The van der Waals surface area contributed by atoms with Gasteiger partial charge >= 0.3 is 0 Å². The Balaban J connectivity index is 1.77. The van der Waals surface area contributed by atoms with E-state index in [2.05, 4.69) is 15.8 Å². The zero-order valence-corrected chi connectivity index (χ0v) is 14.0. The highest BCUT2D eigenvalue weighted by molar-refractivity contribution is 6.30. The van der Waals surface area contributed by atoms with E-state index in [0.717, 1.165) is 0 Å². The predicted octanol–water partition coefficient (Wildman–Crippen LogP) is 4.14. The smallest absolute Gasteiger partial charge is 0.294 e. The van der Waals surface area contributed by atoms with Crippen LogP contribution >= 0.6 is 11.6 Å². The Morgan fingerprint density at radius 2 is 1.56 bits per heavy atom. The van der Waals surface area contributed by atoms with Gasteiger partial charge in [0.15, 0.2) is 0 Å². The maximum atomic E-state index is 12.3. The van der Waals surface area contributed by atoms with E-state index in [0.29, 0.717) is 27.7 Å². The number of hydrogen-bond donors (Lipinski definition) is 2. The molecule has 1 aromatic heterocycles. The van der Waals surface area contributed by atoms with E-state index in [1.54, 1.807) is 55.5 Å². The van der Waals surface area contributed by atoms with Crippen molar-refractivity contribution in [3.05, 3.63) is 76.6 Å². The van der Waals surface area contributed by atoms with E-state index in [1.165, 1.54) is 6.07 Å². The van der Waals surface area contributed by atoms with Crippen LogP contribution in [-0.2, 0) is 0 Å². The molecule has 0 bridgehead atoms. The number of benzene rings is 2. The first-order valence-corrected chi connectivity index (χ1v) is 7.81. The van der Waals surface area contributed by atoms with Gasteiger partial charge in [-0.3, -0.25) is 9.59 Å². The topological polar surface area (TPSA) is 84.2 Å². The molecule has 1 heterocycles. The van der Waals surface area contributed by atoms with E-state index in [1.807, 2.05) is 0 Å². The van der Waals surface area contributed by atoms with E-state index >= 15 is 0 Å². The average molecular weight is 356 g/mol. The lowest BCUT2D eigenvalue weighted by molar-refractivity contribution is 0.0985. The lowest BCUT2D eigenvalue weighted by Gasteiger charge is -2.11. The van der Waals surface area contributed by atoms with Crippen LogP contribution in [0.2, 0.25) is 5.02 Å². The molecule has 0 atom stereocenters. The molecule has 0 saturated carbocycles. The van der Waals surface area contributed by atoms with Gasteiger partial charge in [0.25, 0.3) is 11.8 Å². The molecular formula is C18H14ClN3O3. The minimum absolute atomic E-state index is 0.0938. The summed E-state index contributed by atoms with van der Waals surface area (Å²) in [6, 6.07) is 14.9. The van der Waals surface area contributed by atoms with Gasteiger partial charge in [-0.05, 0) is 43.3 Å². The Morgan fingerprint density at radius 3 is 2.12 bits per heavy atom. The zero-order valence-electron chi connectivity index (χ0n) is 13.2. The first-order chi connectivity index (χ1) is 12.0. The van der Waals surface area contributed by atoms with Crippen molar-refractivity contribution in [3.63, 3.8) is 0 Å². The third-order valence-corrected chi connectivity index (χ3v) is 3.63. The van der Waals surface area contributed by atoms with Gasteiger partial charge in [0, 0.05) is 16.7 Å². The first-order valence-electron chi connectivity index (χ1n) is 7.43. The fraction of sp³-hybridized carbons (Fsp3) is 0.0556. The number of nitrogens with one attached hydrogen (secondary N) is 2. The summed E-state index contributed by atoms with van der Waals surface area (Å²) in [5.74, 6) is -0.668. The molecule has 3 aromatic rings. The molecule has 0 aliphatic rings. The Morgan fingerprint density at radius 1 is 0.960 bits per heavy atom. The van der Waals surface area contributed by atoms with E-state index in [-0.39, 0.29) is 11.7 Å². The highest BCUT2D eigenvalue weighted by Crippen LogP contribution is 2.23. The molecule has 0 unspecified atom stereocenters.